The summed E-state index contributed by atoms with van der Waals surface area (Å²) in [6, 6.07) is 25.9. The molecule has 7 nitrogen and oxygen atoms in total. The maximum absolute atomic E-state index is 13.6. The third-order valence-electron chi connectivity index (χ3n) is 6.08. The quantitative estimate of drug-likeness (QED) is 0.257. The molecule has 1 aromatic heterocycles. The van der Waals surface area contributed by atoms with E-state index in [1.54, 1.807) is 11.5 Å². The number of rotatable bonds is 8. The fourth-order valence-electron chi connectivity index (χ4n) is 4.29. The van der Waals surface area contributed by atoms with Crippen molar-refractivity contribution < 1.29 is 19.0 Å². The molecule has 0 bridgehead atoms. The predicted octanol–water partition coefficient (Wildman–Crippen LogP) is 3.87. The van der Waals surface area contributed by atoms with Gasteiger partial charge >= 0.3 is 5.97 Å². The maximum Gasteiger partial charge on any atom is 0.338 e. The number of ether oxygens (including phenoxy) is 3. The highest BCUT2D eigenvalue weighted by atomic mass is 32.1. The van der Waals surface area contributed by atoms with E-state index < -0.39 is 12.0 Å². The van der Waals surface area contributed by atoms with Gasteiger partial charge in [0.05, 0.1) is 29.0 Å². The molecule has 0 amide bonds. The first-order chi connectivity index (χ1) is 18.5. The zero-order valence-corrected chi connectivity index (χ0v) is 21.8. The fraction of sp³-hybridized carbons (Fsp3) is 0.167. The summed E-state index contributed by atoms with van der Waals surface area (Å²) in [5.74, 6) is 1.01. The summed E-state index contributed by atoms with van der Waals surface area (Å²) in [5.41, 5.74) is 2.34. The molecule has 2 heterocycles. The molecule has 5 rings (SSSR count). The van der Waals surface area contributed by atoms with Crippen LogP contribution in [0.4, 0.5) is 0 Å². The monoisotopic (exact) mass is 526 g/mol. The van der Waals surface area contributed by atoms with Gasteiger partial charge in [-0.05, 0) is 48.4 Å². The Hall–Kier alpha value is -4.43. The summed E-state index contributed by atoms with van der Waals surface area (Å²) in [5, 5.41) is 0. The van der Waals surface area contributed by atoms with Crippen molar-refractivity contribution in [2.24, 2.45) is 4.99 Å². The number of carbonyl (C=O) groups excluding carboxylic acids is 1. The zero-order valence-electron chi connectivity index (χ0n) is 21.0. The highest BCUT2D eigenvalue weighted by Crippen LogP contribution is 2.30. The highest BCUT2D eigenvalue weighted by Gasteiger charge is 2.32. The molecular formula is C30H26N2O5S. The molecule has 0 saturated heterocycles. The molecule has 8 heteroatoms. The molecule has 0 saturated carbocycles. The summed E-state index contributed by atoms with van der Waals surface area (Å²) in [7, 11) is 1.33. The lowest BCUT2D eigenvalue weighted by Gasteiger charge is -2.24. The summed E-state index contributed by atoms with van der Waals surface area (Å²) in [4.78, 5) is 31.4. The normalized spacial score (nSPS) is 15.0. The molecule has 1 aliphatic heterocycles. The van der Waals surface area contributed by atoms with E-state index in [2.05, 4.69) is 4.99 Å². The molecular weight excluding hydrogens is 500 g/mol. The van der Waals surface area contributed by atoms with Crippen LogP contribution in [-0.4, -0.2) is 30.9 Å². The molecule has 0 N–H and O–H groups in total. The number of hydrogen-bond donors (Lipinski definition) is 0. The van der Waals surface area contributed by atoms with Crippen molar-refractivity contribution in [2.75, 3.05) is 20.3 Å². The van der Waals surface area contributed by atoms with Gasteiger partial charge in [-0.2, -0.15) is 0 Å². The van der Waals surface area contributed by atoms with Crippen molar-refractivity contribution in [3.8, 4) is 11.5 Å². The molecule has 1 unspecified atom stereocenters. The molecule has 1 atom stereocenters. The first-order valence-corrected chi connectivity index (χ1v) is 12.9. The molecule has 0 spiro atoms. The van der Waals surface area contributed by atoms with Crippen molar-refractivity contribution in [3.05, 3.63) is 127 Å². The topological polar surface area (TPSA) is 79.1 Å². The fourth-order valence-corrected chi connectivity index (χ4v) is 5.34. The second kappa shape index (κ2) is 11.3. The van der Waals surface area contributed by atoms with Gasteiger partial charge in [0.1, 0.15) is 24.7 Å². The molecule has 1 aliphatic rings. The minimum Gasteiger partial charge on any atom is -0.490 e. The van der Waals surface area contributed by atoms with Gasteiger partial charge in [0.2, 0.25) is 0 Å². The number of methoxy groups -OCH3 is 1. The number of para-hydroxylation sites is 1. The van der Waals surface area contributed by atoms with Gasteiger partial charge in [0.25, 0.3) is 5.56 Å². The standard InChI is InChI=1S/C30H26N2O5S/c1-20-26(29(34)35-2)27(22-9-5-3-6-10-22)32-28(33)25(38-30(32)31-20)19-21-13-15-24(16-14-21)37-18-17-36-23-11-7-4-8-12-23/h3-16,19,27H,17-18H2,1-2H3. The van der Waals surface area contributed by atoms with Crippen molar-refractivity contribution in [1.29, 1.82) is 0 Å². The van der Waals surface area contributed by atoms with Gasteiger partial charge in [-0.3, -0.25) is 9.36 Å². The average Bonchev–Trinajstić information content (AvgIpc) is 3.25. The maximum atomic E-state index is 13.6. The number of benzene rings is 3. The summed E-state index contributed by atoms with van der Waals surface area (Å²) in [6.45, 7) is 2.61. The molecule has 0 aliphatic carbocycles. The molecule has 192 valence electrons. The van der Waals surface area contributed by atoms with Gasteiger partial charge in [-0.25, -0.2) is 9.79 Å². The van der Waals surface area contributed by atoms with Crippen LogP contribution >= 0.6 is 11.3 Å². The number of esters is 1. The molecule has 0 radical (unpaired) electrons. The Morgan fingerprint density at radius 1 is 0.921 bits per heavy atom. The van der Waals surface area contributed by atoms with Crippen molar-refractivity contribution in [2.45, 2.75) is 13.0 Å². The lowest BCUT2D eigenvalue weighted by atomic mass is 9.96. The molecule has 0 fully saturated rings. The van der Waals surface area contributed by atoms with Crippen LogP contribution in [0.1, 0.15) is 24.1 Å². The van der Waals surface area contributed by atoms with Crippen LogP contribution in [0.2, 0.25) is 0 Å². The Morgan fingerprint density at radius 2 is 1.53 bits per heavy atom. The van der Waals surface area contributed by atoms with Gasteiger partial charge in [0.15, 0.2) is 4.80 Å². The van der Waals surface area contributed by atoms with Crippen LogP contribution in [0.5, 0.6) is 11.5 Å². The second-order valence-electron chi connectivity index (χ2n) is 8.56. The molecule has 38 heavy (non-hydrogen) atoms. The Morgan fingerprint density at radius 3 is 2.16 bits per heavy atom. The summed E-state index contributed by atoms with van der Waals surface area (Å²) < 4.78 is 18.6. The highest BCUT2D eigenvalue weighted by molar-refractivity contribution is 7.07. The van der Waals surface area contributed by atoms with Crippen LogP contribution in [0, 0.1) is 0 Å². The van der Waals surface area contributed by atoms with Crippen LogP contribution in [0.25, 0.3) is 6.08 Å². The first-order valence-electron chi connectivity index (χ1n) is 12.1. The largest absolute Gasteiger partial charge is 0.490 e. The Labute approximate surface area is 223 Å². The number of fused-ring (bicyclic) bond motifs is 1. The number of thiazole rings is 1. The van der Waals surface area contributed by atoms with Gasteiger partial charge in [-0.1, -0.05) is 72.0 Å². The van der Waals surface area contributed by atoms with E-state index in [4.69, 9.17) is 14.2 Å². The summed E-state index contributed by atoms with van der Waals surface area (Å²) in [6.07, 6.45) is 1.82. The van der Waals surface area contributed by atoms with E-state index in [0.717, 1.165) is 16.9 Å². The third kappa shape index (κ3) is 5.31. The Balaban J connectivity index is 1.39. The number of aromatic nitrogens is 1. The van der Waals surface area contributed by atoms with Crippen LogP contribution in [0.15, 0.2) is 106 Å². The van der Waals surface area contributed by atoms with E-state index in [1.165, 1.54) is 18.4 Å². The lowest BCUT2D eigenvalue weighted by molar-refractivity contribution is -0.136. The Bertz CT molecular complexity index is 1640. The second-order valence-corrected chi connectivity index (χ2v) is 9.57. The number of nitrogens with zero attached hydrogens (tertiary/aromatic N) is 2. The van der Waals surface area contributed by atoms with Gasteiger partial charge in [-0.15, -0.1) is 0 Å². The predicted molar refractivity (Wildman–Crippen MR) is 146 cm³/mol. The third-order valence-corrected chi connectivity index (χ3v) is 7.07. The minimum atomic E-state index is -0.615. The van der Waals surface area contributed by atoms with Crippen LogP contribution in [0.3, 0.4) is 0 Å². The van der Waals surface area contributed by atoms with Crippen LogP contribution < -0.4 is 24.4 Å². The number of allylic oxidation sites excluding steroid dienone is 1. The minimum absolute atomic E-state index is 0.213. The van der Waals surface area contributed by atoms with Crippen LogP contribution in [-0.2, 0) is 9.53 Å². The van der Waals surface area contributed by atoms with E-state index in [9.17, 15) is 9.59 Å². The SMILES string of the molecule is COC(=O)C1=C(C)N=c2sc(=Cc3ccc(OCCOc4ccccc4)cc3)c(=O)n2C1c1ccccc1. The van der Waals surface area contributed by atoms with Crippen molar-refractivity contribution in [1.82, 2.24) is 4.57 Å². The van der Waals surface area contributed by atoms with E-state index in [0.29, 0.717) is 39.6 Å². The van der Waals surface area contributed by atoms with E-state index in [-0.39, 0.29) is 5.56 Å². The van der Waals surface area contributed by atoms with Crippen molar-refractivity contribution >= 4 is 23.4 Å². The number of hydrogen-bond acceptors (Lipinski definition) is 7. The Kier molecular flexibility index (Phi) is 7.51. The summed E-state index contributed by atoms with van der Waals surface area (Å²) >= 11 is 1.29. The van der Waals surface area contributed by atoms with Gasteiger partial charge in [0, 0.05) is 0 Å². The molecule has 3 aromatic carbocycles. The van der Waals surface area contributed by atoms with Gasteiger partial charge < -0.3 is 14.2 Å². The van der Waals surface area contributed by atoms with Crippen molar-refractivity contribution in [3.63, 3.8) is 0 Å². The molecule has 4 aromatic rings. The van der Waals surface area contributed by atoms with E-state index >= 15 is 0 Å². The smallest absolute Gasteiger partial charge is 0.338 e. The zero-order chi connectivity index (χ0) is 26.5. The number of carbonyl (C=O) groups is 1. The van der Waals surface area contributed by atoms with E-state index in [1.807, 2.05) is 91.0 Å². The average molecular weight is 527 g/mol. The lowest BCUT2D eigenvalue weighted by Crippen LogP contribution is -2.39. The first kappa shape index (κ1) is 25.2.